The monoisotopic (exact) mass is 510 g/mol. The zero-order valence-corrected chi connectivity index (χ0v) is 20.0. The van der Waals surface area contributed by atoms with E-state index in [1.165, 1.54) is 20.3 Å². The van der Waals surface area contributed by atoms with Crippen LogP contribution in [0.3, 0.4) is 0 Å². The van der Waals surface area contributed by atoms with Gasteiger partial charge >= 0.3 is 6.18 Å². The molecule has 0 saturated heterocycles. The second-order valence-corrected chi connectivity index (χ2v) is 10.2. The molecule has 4 rings (SSSR count). The molecule has 1 amide bonds. The summed E-state index contributed by atoms with van der Waals surface area (Å²) in [7, 11) is -2.90. The molecule has 2 aromatic heterocycles. The number of nitriles is 1. The molecular formula is C21H21F3N6O4S. The molecule has 3 aromatic rings. The number of hydrogen-bond donors (Lipinski definition) is 0. The van der Waals surface area contributed by atoms with Crippen LogP contribution < -0.4 is 0 Å². The third-order valence-electron chi connectivity index (χ3n) is 5.89. The third-order valence-corrected chi connectivity index (χ3v) is 6.53. The van der Waals surface area contributed by atoms with E-state index in [-0.39, 0.29) is 24.5 Å². The molecule has 1 aromatic carbocycles. The number of carbonyl (C=O) groups excluding carboxylic acids is 1. The van der Waals surface area contributed by atoms with E-state index in [1.807, 2.05) is 6.07 Å². The Morgan fingerprint density at radius 2 is 2.00 bits per heavy atom. The Morgan fingerprint density at radius 3 is 2.60 bits per heavy atom. The molecule has 14 heteroatoms. The highest BCUT2D eigenvalue weighted by atomic mass is 32.2. The van der Waals surface area contributed by atoms with Gasteiger partial charge in [-0.1, -0.05) is 0 Å². The van der Waals surface area contributed by atoms with E-state index in [2.05, 4.69) is 14.3 Å². The second-order valence-electron chi connectivity index (χ2n) is 8.61. The van der Waals surface area contributed by atoms with Crippen LogP contribution in [-0.4, -0.2) is 57.5 Å². The third kappa shape index (κ3) is 4.14. The molecule has 35 heavy (non-hydrogen) atoms. The molecule has 0 unspecified atom stereocenters. The average Bonchev–Trinajstić information content (AvgIpc) is 3.31. The largest absolute Gasteiger partial charge is 0.425 e. The minimum atomic E-state index is -5.08. The van der Waals surface area contributed by atoms with Crippen LogP contribution in [0.2, 0.25) is 0 Å². The highest BCUT2D eigenvalue weighted by Gasteiger charge is 2.59. The highest BCUT2D eigenvalue weighted by molar-refractivity contribution is 7.86. The summed E-state index contributed by atoms with van der Waals surface area (Å²) in [5.74, 6) is -1.01. The predicted molar refractivity (Wildman–Crippen MR) is 116 cm³/mol. The lowest BCUT2D eigenvalue weighted by Crippen LogP contribution is -2.48. The van der Waals surface area contributed by atoms with Crippen molar-refractivity contribution in [1.82, 2.24) is 24.2 Å². The van der Waals surface area contributed by atoms with E-state index in [0.29, 0.717) is 29.6 Å². The van der Waals surface area contributed by atoms with E-state index in [0.717, 1.165) is 0 Å². The van der Waals surface area contributed by atoms with Crippen LogP contribution in [0.1, 0.15) is 47.5 Å². The molecule has 0 aliphatic carbocycles. The van der Waals surface area contributed by atoms with Crippen LogP contribution in [0, 0.1) is 11.3 Å². The van der Waals surface area contributed by atoms with Crippen molar-refractivity contribution in [3.63, 3.8) is 0 Å². The summed E-state index contributed by atoms with van der Waals surface area (Å²) in [5, 5.41) is 13.9. The summed E-state index contributed by atoms with van der Waals surface area (Å²) in [6.07, 6.45) is -3.36. The highest BCUT2D eigenvalue weighted by Crippen LogP contribution is 2.44. The Hall–Kier alpha value is -3.44. The van der Waals surface area contributed by atoms with Gasteiger partial charge in [0, 0.05) is 19.0 Å². The van der Waals surface area contributed by atoms with Gasteiger partial charge in [-0.15, -0.1) is 0 Å². The average molecular weight is 510 g/mol. The summed E-state index contributed by atoms with van der Waals surface area (Å²) in [4.78, 5) is 18.8. The molecule has 2 atom stereocenters. The van der Waals surface area contributed by atoms with Crippen molar-refractivity contribution >= 4 is 26.9 Å². The normalized spacial score (nSPS) is 18.2. The maximum atomic E-state index is 14.0. The van der Waals surface area contributed by atoms with Crippen molar-refractivity contribution in [1.29, 1.82) is 5.26 Å². The van der Waals surface area contributed by atoms with Gasteiger partial charge in [-0.05, 0) is 32.0 Å². The zero-order chi connectivity index (χ0) is 25.9. The minimum absolute atomic E-state index is 0.0327. The van der Waals surface area contributed by atoms with Crippen LogP contribution in [-0.2, 0) is 33.5 Å². The molecule has 0 N–H and O–H groups in total. The molecule has 3 heterocycles. The first kappa shape index (κ1) is 24.7. The maximum Gasteiger partial charge on any atom is 0.425 e. The second kappa shape index (κ2) is 8.06. The summed E-state index contributed by atoms with van der Waals surface area (Å²) in [5.41, 5.74) is -1.80. The van der Waals surface area contributed by atoms with Gasteiger partial charge in [-0.2, -0.15) is 31.9 Å². The number of imidazole rings is 1. The van der Waals surface area contributed by atoms with Crippen LogP contribution in [0.25, 0.3) is 10.9 Å². The number of nitrogens with zero attached hydrogens (tertiary/aromatic N) is 6. The smallest absolute Gasteiger partial charge is 0.329 e. The number of alkyl halides is 3. The van der Waals surface area contributed by atoms with Gasteiger partial charge in [0.2, 0.25) is 5.60 Å². The van der Waals surface area contributed by atoms with Crippen molar-refractivity contribution in [3.8, 4) is 6.07 Å². The van der Waals surface area contributed by atoms with Crippen LogP contribution in [0.5, 0.6) is 0 Å². The van der Waals surface area contributed by atoms with Crippen LogP contribution in [0.15, 0.2) is 24.4 Å². The van der Waals surface area contributed by atoms with E-state index in [1.54, 1.807) is 32.2 Å². The minimum Gasteiger partial charge on any atom is -0.329 e. The fourth-order valence-corrected chi connectivity index (χ4v) is 5.14. The molecular weight excluding hydrogens is 489 g/mol. The lowest BCUT2D eigenvalue weighted by Gasteiger charge is -2.37. The molecule has 10 nitrogen and oxygen atoms in total. The Labute approximate surface area is 198 Å². The van der Waals surface area contributed by atoms with Gasteiger partial charge in [0.15, 0.2) is 5.82 Å². The number of aromatic nitrogens is 4. The van der Waals surface area contributed by atoms with E-state index in [9.17, 15) is 26.4 Å². The summed E-state index contributed by atoms with van der Waals surface area (Å²) in [6.45, 7) is 2.19. The standard InChI is InChI=1S/C21H21F3N6O4S/c1-12-10-29(18(31)17-15-6-5-13(8-25)7-16(15)27-28(17)3)11-14-9-26-19(30(12)14)20(2,21(22,23)24)34-35(4,32)33/h5-7,9,12H,10-11H2,1-4H3/t12-,20+/m0/s1. The first-order valence-electron chi connectivity index (χ1n) is 10.4. The summed E-state index contributed by atoms with van der Waals surface area (Å²) in [6, 6.07) is 6.10. The molecule has 0 radical (unpaired) electrons. The van der Waals surface area contributed by atoms with Gasteiger partial charge in [0.05, 0.1) is 47.9 Å². The SMILES string of the molecule is C[C@H]1CN(C(=O)c2c3ccc(C#N)cc3nn2C)Cc2cnc([C@@](C)(OS(C)(=O)=O)C(F)(F)F)n21. The maximum absolute atomic E-state index is 14.0. The number of benzene rings is 1. The van der Waals surface area contributed by atoms with Crippen molar-refractivity contribution in [2.75, 3.05) is 12.8 Å². The Bertz CT molecular complexity index is 1490. The number of rotatable bonds is 4. The number of hydrogen-bond acceptors (Lipinski definition) is 7. The number of fused-ring (bicyclic) bond motifs is 2. The fraction of sp³-hybridized carbons (Fsp3) is 0.429. The number of aryl methyl sites for hydroxylation is 1. The zero-order valence-electron chi connectivity index (χ0n) is 19.2. The van der Waals surface area contributed by atoms with Crippen molar-refractivity contribution in [2.45, 2.75) is 38.2 Å². The van der Waals surface area contributed by atoms with E-state index < -0.39 is 39.7 Å². The van der Waals surface area contributed by atoms with E-state index in [4.69, 9.17) is 5.26 Å². The Balaban J connectivity index is 1.73. The van der Waals surface area contributed by atoms with Crippen LogP contribution in [0.4, 0.5) is 13.2 Å². The quantitative estimate of drug-likeness (QED) is 0.495. The molecule has 186 valence electrons. The molecule has 0 spiro atoms. The number of carbonyl (C=O) groups is 1. The molecule has 1 aliphatic rings. The lowest BCUT2D eigenvalue weighted by molar-refractivity contribution is -0.250. The Kier molecular flexibility index (Phi) is 5.68. The predicted octanol–water partition coefficient (Wildman–Crippen LogP) is 2.61. The van der Waals surface area contributed by atoms with Gasteiger partial charge in [0.25, 0.3) is 16.0 Å². The van der Waals surface area contributed by atoms with Crippen molar-refractivity contribution in [2.24, 2.45) is 7.05 Å². The molecule has 0 saturated carbocycles. The molecule has 0 bridgehead atoms. The Morgan fingerprint density at radius 1 is 1.31 bits per heavy atom. The lowest BCUT2D eigenvalue weighted by atomic mass is 10.0. The number of halogens is 3. The first-order valence-corrected chi connectivity index (χ1v) is 12.2. The first-order chi connectivity index (χ1) is 16.2. The van der Waals surface area contributed by atoms with Crippen LogP contribution >= 0.6 is 0 Å². The molecule has 0 fully saturated rings. The summed E-state index contributed by atoms with van der Waals surface area (Å²) >= 11 is 0. The van der Waals surface area contributed by atoms with Crippen molar-refractivity contribution < 1.29 is 30.6 Å². The van der Waals surface area contributed by atoms with Gasteiger partial charge in [-0.3, -0.25) is 9.48 Å². The fourth-order valence-electron chi connectivity index (χ4n) is 4.36. The number of amides is 1. The topological polar surface area (TPSA) is 123 Å². The van der Waals surface area contributed by atoms with Gasteiger partial charge in [-0.25, -0.2) is 9.17 Å². The van der Waals surface area contributed by atoms with Gasteiger partial charge in [0.1, 0.15) is 5.69 Å². The van der Waals surface area contributed by atoms with E-state index >= 15 is 0 Å². The van der Waals surface area contributed by atoms with Gasteiger partial charge < -0.3 is 9.47 Å². The van der Waals surface area contributed by atoms with Crippen molar-refractivity contribution in [3.05, 3.63) is 47.2 Å². The summed E-state index contributed by atoms with van der Waals surface area (Å²) < 4.78 is 72.5. The molecule has 1 aliphatic heterocycles.